The molecule has 4 aromatic carbocycles. The molecule has 7 heteroatoms. The molecule has 7 nitrogen and oxygen atoms in total. The monoisotopic (exact) mass is 517 g/mol. The summed E-state index contributed by atoms with van der Waals surface area (Å²) in [4.78, 5) is 54.1. The Morgan fingerprint density at radius 1 is 0.564 bits per heavy atom. The van der Waals surface area contributed by atoms with Gasteiger partial charge >= 0.3 is 0 Å². The molecule has 0 bridgehead atoms. The summed E-state index contributed by atoms with van der Waals surface area (Å²) in [5.74, 6) is -1.97. The number of hydrogen-bond donors (Lipinski definition) is 2. The molecule has 0 fully saturated rings. The molecule has 39 heavy (non-hydrogen) atoms. The van der Waals surface area contributed by atoms with Crippen molar-refractivity contribution in [3.05, 3.63) is 123 Å². The Balaban J connectivity index is 1.54. The highest BCUT2D eigenvalue weighted by Gasteiger charge is 2.37. The van der Waals surface area contributed by atoms with E-state index in [4.69, 9.17) is 0 Å². The van der Waals surface area contributed by atoms with E-state index in [0.717, 1.165) is 27.2 Å². The Hall–Kier alpha value is -5.04. The Labute approximate surface area is 226 Å². The van der Waals surface area contributed by atoms with Gasteiger partial charge in [-0.3, -0.25) is 19.2 Å². The van der Waals surface area contributed by atoms with Crippen LogP contribution in [-0.4, -0.2) is 23.6 Å². The molecule has 0 atom stereocenters. The molecule has 0 saturated heterocycles. The van der Waals surface area contributed by atoms with Crippen molar-refractivity contribution in [2.75, 3.05) is 15.5 Å². The van der Waals surface area contributed by atoms with Crippen molar-refractivity contribution in [1.29, 1.82) is 0 Å². The van der Waals surface area contributed by atoms with Crippen molar-refractivity contribution < 1.29 is 19.2 Å². The number of nitrogens with one attached hydrogen (secondary N) is 2. The minimum atomic E-state index is -0.511. The summed E-state index contributed by atoms with van der Waals surface area (Å²) < 4.78 is 0. The number of nitrogens with zero attached hydrogens (tertiary/aromatic N) is 1. The van der Waals surface area contributed by atoms with Crippen LogP contribution < -0.4 is 15.5 Å². The molecular formula is C32H27N3O4. The first-order chi connectivity index (χ1) is 18.6. The van der Waals surface area contributed by atoms with Crippen molar-refractivity contribution in [3.63, 3.8) is 0 Å². The first-order valence-electron chi connectivity index (χ1n) is 12.5. The molecule has 0 saturated carbocycles. The molecule has 1 aliphatic rings. The van der Waals surface area contributed by atoms with E-state index in [1.807, 2.05) is 52.0 Å². The van der Waals surface area contributed by atoms with E-state index >= 15 is 0 Å². The summed E-state index contributed by atoms with van der Waals surface area (Å²) in [6.07, 6.45) is 0. The summed E-state index contributed by atoms with van der Waals surface area (Å²) in [6.45, 7) is 7.85. The third kappa shape index (κ3) is 4.94. The van der Waals surface area contributed by atoms with Crippen LogP contribution in [0.25, 0.3) is 0 Å². The second-order valence-corrected chi connectivity index (χ2v) is 9.77. The average Bonchev–Trinajstić information content (AvgIpc) is 3.17. The zero-order valence-corrected chi connectivity index (χ0v) is 22.1. The van der Waals surface area contributed by atoms with Gasteiger partial charge in [0, 0.05) is 22.5 Å². The van der Waals surface area contributed by atoms with Crippen LogP contribution in [0.4, 0.5) is 17.1 Å². The summed E-state index contributed by atoms with van der Waals surface area (Å²) >= 11 is 0. The Morgan fingerprint density at radius 2 is 1.00 bits per heavy atom. The fourth-order valence-electron chi connectivity index (χ4n) is 4.47. The third-order valence-electron chi connectivity index (χ3n) is 7.02. The van der Waals surface area contributed by atoms with Gasteiger partial charge in [0.05, 0.1) is 16.8 Å². The predicted molar refractivity (Wildman–Crippen MR) is 152 cm³/mol. The number of rotatable bonds is 5. The molecule has 0 spiro atoms. The second-order valence-electron chi connectivity index (χ2n) is 9.77. The van der Waals surface area contributed by atoms with Crippen molar-refractivity contribution in [3.8, 4) is 0 Å². The van der Waals surface area contributed by atoms with Crippen LogP contribution in [0.15, 0.2) is 78.9 Å². The molecule has 2 N–H and O–H groups in total. The van der Waals surface area contributed by atoms with Gasteiger partial charge in [-0.15, -0.1) is 0 Å². The average molecular weight is 518 g/mol. The molecule has 0 aliphatic carbocycles. The van der Waals surface area contributed by atoms with Gasteiger partial charge < -0.3 is 10.6 Å². The maximum Gasteiger partial charge on any atom is 0.266 e. The highest BCUT2D eigenvalue weighted by atomic mass is 16.2. The fourth-order valence-corrected chi connectivity index (χ4v) is 4.47. The molecular weight excluding hydrogens is 490 g/mol. The highest BCUT2D eigenvalue weighted by Crippen LogP contribution is 2.30. The number of carbonyl (C=O) groups is 4. The first-order valence-corrected chi connectivity index (χ1v) is 12.5. The van der Waals surface area contributed by atoms with Gasteiger partial charge in [0.1, 0.15) is 0 Å². The largest absolute Gasteiger partial charge is 0.322 e. The normalized spacial score (nSPS) is 12.4. The summed E-state index contributed by atoms with van der Waals surface area (Å²) in [7, 11) is 0. The van der Waals surface area contributed by atoms with Crippen LogP contribution in [0, 0.1) is 27.7 Å². The minimum Gasteiger partial charge on any atom is -0.322 e. The second kappa shape index (κ2) is 10.0. The van der Waals surface area contributed by atoms with E-state index in [0.29, 0.717) is 11.4 Å². The number of benzene rings is 4. The van der Waals surface area contributed by atoms with Crippen LogP contribution in [0.2, 0.25) is 0 Å². The number of fused-ring (bicyclic) bond motifs is 1. The summed E-state index contributed by atoms with van der Waals surface area (Å²) in [6, 6.07) is 22.0. The van der Waals surface area contributed by atoms with Crippen molar-refractivity contribution >= 4 is 40.7 Å². The minimum absolute atomic E-state index is 0.132. The lowest BCUT2D eigenvalue weighted by Crippen LogP contribution is -2.30. The van der Waals surface area contributed by atoms with Gasteiger partial charge in [0.15, 0.2) is 0 Å². The molecule has 5 rings (SSSR count). The molecule has 1 heterocycles. The third-order valence-corrected chi connectivity index (χ3v) is 7.02. The van der Waals surface area contributed by atoms with Crippen LogP contribution >= 0.6 is 0 Å². The molecule has 0 unspecified atom stereocenters. The number of hydrogen-bond acceptors (Lipinski definition) is 4. The van der Waals surface area contributed by atoms with Gasteiger partial charge in [0.25, 0.3) is 23.6 Å². The maximum absolute atomic E-state index is 13.3. The quantitative estimate of drug-likeness (QED) is 0.307. The van der Waals surface area contributed by atoms with Gasteiger partial charge in [0.2, 0.25) is 0 Å². The predicted octanol–water partition coefficient (Wildman–Crippen LogP) is 6.23. The van der Waals surface area contributed by atoms with Gasteiger partial charge in [-0.25, -0.2) is 4.90 Å². The molecule has 4 amide bonds. The molecule has 0 radical (unpaired) electrons. The SMILES string of the molecule is Cc1ccc(NC(=O)c2cc(C(=O)Nc3ccc(C)c(C)c3)cc(N3C(=O)c4ccccc4C3=O)c2)cc1C. The van der Waals surface area contributed by atoms with Crippen molar-refractivity contribution in [2.45, 2.75) is 27.7 Å². The number of anilines is 3. The van der Waals surface area contributed by atoms with E-state index in [-0.39, 0.29) is 27.9 Å². The van der Waals surface area contributed by atoms with E-state index in [1.54, 1.807) is 36.4 Å². The smallest absolute Gasteiger partial charge is 0.266 e. The Bertz CT molecular complexity index is 1570. The lowest BCUT2D eigenvalue weighted by atomic mass is 10.1. The number of imide groups is 1. The first kappa shape index (κ1) is 25.6. The standard InChI is InChI=1S/C32H27N3O4/c1-18-9-11-24(13-20(18)3)33-29(36)22-15-23(30(37)34-25-12-10-19(2)21(4)14-25)17-26(16-22)35-31(38)27-7-5-6-8-28(27)32(35)39/h5-17H,1-4H3,(H,33,36)(H,34,37). The van der Waals surface area contributed by atoms with Crippen LogP contribution in [-0.2, 0) is 0 Å². The lowest BCUT2D eigenvalue weighted by molar-refractivity contribution is 0.0922. The zero-order chi connectivity index (χ0) is 27.8. The molecule has 1 aliphatic heterocycles. The highest BCUT2D eigenvalue weighted by molar-refractivity contribution is 6.34. The topological polar surface area (TPSA) is 95.6 Å². The Kier molecular flexibility index (Phi) is 6.58. The van der Waals surface area contributed by atoms with Crippen molar-refractivity contribution in [2.24, 2.45) is 0 Å². The van der Waals surface area contributed by atoms with E-state index in [2.05, 4.69) is 10.6 Å². The van der Waals surface area contributed by atoms with E-state index in [1.165, 1.54) is 18.2 Å². The number of aryl methyl sites for hydroxylation is 4. The van der Waals surface area contributed by atoms with Crippen molar-refractivity contribution in [1.82, 2.24) is 0 Å². The molecule has 194 valence electrons. The number of carbonyl (C=O) groups excluding carboxylic acids is 4. The molecule has 4 aromatic rings. The molecule has 0 aromatic heterocycles. The van der Waals surface area contributed by atoms with Crippen LogP contribution in [0.3, 0.4) is 0 Å². The Morgan fingerprint density at radius 3 is 1.41 bits per heavy atom. The van der Waals surface area contributed by atoms with Gasteiger partial charge in [-0.05, 0) is 105 Å². The van der Waals surface area contributed by atoms with Crippen LogP contribution in [0.5, 0.6) is 0 Å². The number of amides is 4. The zero-order valence-electron chi connectivity index (χ0n) is 22.1. The van der Waals surface area contributed by atoms with Crippen LogP contribution in [0.1, 0.15) is 63.7 Å². The van der Waals surface area contributed by atoms with Gasteiger partial charge in [-0.1, -0.05) is 24.3 Å². The van der Waals surface area contributed by atoms with E-state index in [9.17, 15) is 19.2 Å². The fraction of sp³-hybridized carbons (Fsp3) is 0.125. The van der Waals surface area contributed by atoms with E-state index < -0.39 is 23.6 Å². The van der Waals surface area contributed by atoms with Gasteiger partial charge in [-0.2, -0.15) is 0 Å². The maximum atomic E-state index is 13.3. The lowest BCUT2D eigenvalue weighted by Gasteiger charge is -2.17. The summed E-state index contributed by atoms with van der Waals surface area (Å²) in [5.41, 5.74) is 6.34. The summed E-state index contributed by atoms with van der Waals surface area (Å²) in [5, 5.41) is 5.71.